The molecule has 14 nitrogen and oxygen atoms in total. The number of guanidine groups is 1. The number of aliphatic hydroxyl groups is 1. The molecule has 42 heavy (non-hydrogen) atoms. The monoisotopic (exact) mass is 609 g/mol. The molecule has 8 atom stereocenters. The second-order valence-electron chi connectivity index (χ2n) is 10.9. The molecule has 230 valence electrons. The van der Waals surface area contributed by atoms with Crippen LogP contribution in [0, 0.1) is 0 Å². The second-order valence-corrected chi connectivity index (χ2v) is 12.6. The number of ether oxygens (including phenoxy) is 2. The summed E-state index contributed by atoms with van der Waals surface area (Å²) in [6.45, 7) is 2.08. The number of rotatable bonds is 10. The summed E-state index contributed by atoms with van der Waals surface area (Å²) in [5.41, 5.74) is 3.74. The first-order chi connectivity index (χ1) is 20.0. The number of carbonyl (C=O) groups is 1. The van der Waals surface area contributed by atoms with Gasteiger partial charge in [-0.05, 0) is 38.8 Å². The van der Waals surface area contributed by atoms with Gasteiger partial charge in [-0.3, -0.25) is 19.3 Å². The number of nitrogens with two attached hydrogens (primary N) is 1. The third-order valence-corrected chi connectivity index (χ3v) is 9.32. The van der Waals surface area contributed by atoms with E-state index in [2.05, 4.69) is 20.4 Å². The molecule has 5 rings (SSSR count). The van der Waals surface area contributed by atoms with Crippen LogP contribution in [0.15, 0.2) is 45.3 Å². The van der Waals surface area contributed by atoms with Crippen molar-refractivity contribution in [2.75, 3.05) is 13.7 Å². The average Bonchev–Trinajstić information content (AvgIpc) is 3.67. The molecule has 1 saturated heterocycles. The Kier molecular flexibility index (Phi) is 8.86. The molecule has 0 aromatic heterocycles. The van der Waals surface area contributed by atoms with Crippen molar-refractivity contribution in [3.63, 3.8) is 0 Å². The number of aliphatic hydroxyl groups excluding tert-OH is 1. The number of hydrogen-bond acceptors (Lipinski definition) is 12. The van der Waals surface area contributed by atoms with Crippen molar-refractivity contribution < 1.29 is 37.4 Å². The zero-order chi connectivity index (χ0) is 30.1. The van der Waals surface area contributed by atoms with Crippen molar-refractivity contribution in [1.82, 2.24) is 15.3 Å². The fourth-order valence-corrected chi connectivity index (χ4v) is 6.95. The van der Waals surface area contributed by atoms with E-state index >= 15 is 4.39 Å². The predicted molar refractivity (Wildman–Crippen MR) is 152 cm³/mol. The van der Waals surface area contributed by atoms with Crippen molar-refractivity contribution in [2.24, 2.45) is 20.7 Å². The number of fused-ring (bicyclic) bond motifs is 1. The molecule has 16 heteroatoms. The summed E-state index contributed by atoms with van der Waals surface area (Å²) >= 11 is 0. The summed E-state index contributed by atoms with van der Waals surface area (Å²) in [6, 6.07) is 6.71. The van der Waals surface area contributed by atoms with E-state index in [9.17, 15) is 14.5 Å². The van der Waals surface area contributed by atoms with Crippen LogP contribution in [0.5, 0.6) is 5.75 Å². The number of aliphatic imine (C=N–C) groups is 3. The maximum atomic E-state index is 16.1. The minimum atomic E-state index is -4.25. The average molecular weight is 610 g/mol. The van der Waals surface area contributed by atoms with Gasteiger partial charge in [-0.1, -0.05) is 31.0 Å². The van der Waals surface area contributed by atoms with Gasteiger partial charge >= 0.3 is 13.7 Å². The molecule has 1 aliphatic carbocycles. The third-order valence-electron chi connectivity index (χ3n) is 7.67. The number of para-hydroxylation sites is 1. The maximum Gasteiger partial charge on any atom is 0.459 e. The van der Waals surface area contributed by atoms with Crippen molar-refractivity contribution >= 4 is 31.8 Å². The lowest BCUT2D eigenvalue weighted by Crippen LogP contribution is -2.58. The molecule has 0 spiro atoms. The Balaban J connectivity index is 1.31. The zero-order valence-corrected chi connectivity index (χ0v) is 24.5. The highest BCUT2D eigenvalue weighted by molar-refractivity contribution is 7.52. The SMILES string of the molecule is COC(=O)C(C)NP(=O)(OCC1OC(N2C=NC3C(=NC4CCCC4)NC(N)=NC32)C(C)(F)C1O)Oc1ccccc1. The molecular formula is C26H37FN7O7P. The minimum absolute atomic E-state index is 0.118. The van der Waals surface area contributed by atoms with Gasteiger partial charge in [0.1, 0.15) is 35.9 Å². The molecule has 2 fully saturated rings. The number of alkyl halides is 1. The van der Waals surface area contributed by atoms with E-state index in [0.717, 1.165) is 25.7 Å². The van der Waals surface area contributed by atoms with E-state index in [1.54, 1.807) is 30.3 Å². The molecule has 0 bridgehead atoms. The Hall–Kier alpha value is -3.10. The lowest BCUT2D eigenvalue weighted by Gasteiger charge is -2.36. The van der Waals surface area contributed by atoms with E-state index in [1.807, 2.05) is 0 Å². The van der Waals surface area contributed by atoms with E-state index in [1.165, 1.54) is 32.2 Å². The van der Waals surface area contributed by atoms with Gasteiger partial charge in [-0.25, -0.2) is 13.9 Å². The van der Waals surface area contributed by atoms with Gasteiger partial charge in [0, 0.05) is 0 Å². The Labute approximate surface area is 243 Å². The fraction of sp³-hybridized carbons (Fsp3) is 0.615. The van der Waals surface area contributed by atoms with E-state index in [-0.39, 0.29) is 17.8 Å². The molecule has 5 N–H and O–H groups in total. The number of methoxy groups -OCH3 is 1. The van der Waals surface area contributed by atoms with Crippen LogP contribution in [-0.4, -0.2) is 96.2 Å². The van der Waals surface area contributed by atoms with Crippen LogP contribution in [0.4, 0.5) is 4.39 Å². The van der Waals surface area contributed by atoms with E-state index < -0.39 is 62.7 Å². The van der Waals surface area contributed by atoms with Gasteiger partial charge in [-0.2, -0.15) is 5.09 Å². The first kappa shape index (κ1) is 30.4. The van der Waals surface area contributed by atoms with Gasteiger partial charge in [0.2, 0.25) is 0 Å². The van der Waals surface area contributed by atoms with E-state index in [0.29, 0.717) is 5.84 Å². The topological polar surface area (TPSA) is 182 Å². The number of hydrogen-bond donors (Lipinski definition) is 4. The van der Waals surface area contributed by atoms with Gasteiger partial charge in [-0.15, -0.1) is 0 Å². The maximum absolute atomic E-state index is 16.1. The lowest BCUT2D eigenvalue weighted by molar-refractivity contribution is -0.142. The number of carbonyl (C=O) groups excluding carboxylic acids is 1. The normalized spacial score (nSPS) is 34.0. The number of nitrogens with one attached hydrogen (secondary N) is 2. The Morgan fingerprint density at radius 2 is 2.10 bits per heavy atom. The summed E-state index contributed by atoms with van der Waals surface area (Å²) in [4.78, 5) is 27.2. The number of halogens is 1. The minimum Gasteiger partial charge on any atom is -0.468 e. The van der Waals surface area contributed by atoms with Gasteiger partial charge in [0.25, 0.3) is 0 Å². The molecule has 0 amide bonds. The number of benzene rings is 1. The Morgan fingerprint density at radius 3 is 2.79 bits per heavy atom. The largest absolute Gasteiger partial charge is 0.468 e. The highest BCUT2D eigenvalue weighted by Crippen LogP contribution is 2.47. The molecule has 8 unspecified atom stereocenters. The summed E-state index contributed by atoms with van der Waals surface area (Å²) in [5.74, 6) is 0.168. The lowest BCUT2D eigenvalue weighted by atomic mass is 9.97. The number of amidine groups is 1. The third kappa shape index (κ3) is 6.30. The summed E-state index contributed by atoms with van der Waals surface area (Å²) in [6.07, 6.45) is 0.541. The van der Waals surface area contributed by atoms with Crippen molar-refractivity contribution in [2.45, 2.75) is 87.9 Å². The Bertz CT molecular complexity index is 1280. The van der Waals surface area contributed by atoms with Crippen molar-refractivity contribution in [1.29, 1.82) is 0 Å². The van der Waals surface area contributed by atoms with Gasteiger partial charge in [0.15, 0.2) is 24.0 Å². The predicted octanol–water partition coefficient (Wildman–Crippen LogP) is 1.45. The summed E-state index contributed by atoms with van der Waals surface area (Å²) in [7, 11) is -3.07. The molecule has 3 aliphatic heterocycles. The first-order valence-corrected chi connectivity index (χ1v) is 15.4. The van der Waals surface area contributed by atoms with Crippen LogP contribution in [0.1, 0.15) is 39.5 Å². The standard InChI is InChI=1S/C26H37FN7O7P/c1-15(23(36)38-3)33-42(37,41-17-11-5-4-6-12-17)39-13-18-20(35)26(2,27)24(40-18)34-14-29-19-21(30-16-9-7-8-10-16)31-25(28)32-22(19)34/h4-6,11-12,14-16,18-20,22,24,35H,7-10,13H2,1-3H3,(H,33,37)(H3,28,30,31,32). The van der Waals surface area contributed by atoms with Crippen LogP contribution in [0.25, 0.3) is 0 Å². The van der Waals surface area contributed by atoms with Crippen LogP contribution < -0.4 is 20.7 Å². The van der Waals surface area contributed by atoms with Crippen LogP contribution in [-0.2, 0) is 23.4 Å². The van der Waals surface area contributed by atoms with Crippen LogP contribution in [0.3, 0.4) is 0 Å². The highest BCUT2D eigenvalue weighted by Gasteiger charge is 2.59. The van der Waals surface area contributed by atoms with Gasteiger partial charge < -0.3 is 35.1 Å². The van der Waals surface area contributed by atoms with Crippen molar-refractivity contribution in [3.8, 4) is 5.75 Å². The van der Waals surface area contributed by atoms with Gasteiger partial charge in [0.05, 0.1) is 26.1 Å². The molecule has 1 aromatic rings. The van der Waals surface area contributed by atoms with E-state index in [4.69, 9.17) is 29.2 Å². The molecule has 4 aliphatic rings. The second kappa shape index (κ2) is 12.3. The quantitative estimate of drug-likeness (QED) is 0.223. The Morgan fingerprint density at radius 1 is 1.38 bits per heavy atom. The first-order valence-electron chi connectivity index (χ1n) is 13.9. The molecule has 3 heterocycles. The summed E-state index contributed by atoms with van der Waals surface area (Å²) in [5, 5.41) is 16.5. The smallest absolute Gasteiger partial charge is 0.459 e. The molecule has 0 radical (unpaired) electrons. The molecule has 1 saturated carbocycles. The fourth-order valence-electron chi connectivity index (χ4n) is 5.45. The van der Waals surface area contributed by atoms with Crippen LogP contribution in [0.2, 0.25) is 0 Å². The van der Waals surface area contributed by atoms with Crippen molar-refractivity contribution in [3.05, 3.63) is 30.3 Å². The molecule has 1 aromatic carbocycles. The van der Waals surface area contributed by atoms with Crippen LogP contribution >= 0.6 is 7.75 Å². The number of nitrogens with zero attached hydrogens (tertiary/aromatic N) is 4. The zero-order valence-electron chi connectivity index (χ0n) is 23.6. The number of esters is 1. The summed E-state index contributed by atoms with van der Waals surface area (Å²) < 4.78 is 51.7. The molecular weight excluding hydrogens is 572 g/mol. The highest BCUT2D eigenvalue weighted by atomic mass is 31.2.